The van der Waals surface area contributed by atoms with E-state index in [1.807, 2.05) is 12.1 Å². The molecule has 0 aliphatic rings. The molecule has 0 aliphatic carbocycles. The van der Waals surface area contributed by atoms with E-state index in [-0.39, 0.29) is 17.7 Å². The minimum Gasteiger partial charge on any atom is -0.467 e. The van der Waals surface area contributed by atoms with Crippen molar-refractivity contribution in [2.24, 2.45) is 0 Å². The number of amides is 1. The molecule has 6 heteroatoms. The topological polar surface area (TPSA) is 81.7 Å². The van der Waals surface area contributed by atoms with Crippen molar-refractivity contribution in [1.82, 2.24) is 5.32 Å². The number of esters is 2. The van der Waals surface area contributed by atoms with Crippen LogP contribution in [-0.4, -0.2) is 38.1 Å². The second-order valence-corrected chi connectivity index (χ2v) is 6.54. The summed E-state index contributed by atoms with van der Waals surface area (Å²) in [6.07, 6.45) is 2.77. The van der Waals surface area contributed by atoms with Crippen LogP contribution in [0, 0.1) is 0 Å². The number of nitrogens with one attached hydrogen (secondary N) is 1. The lowest BCUT2D eigenvalue weighted by molar-refractivity contribution is -0.143. The molecule has 0 heterocycles. The monoisotopic (exact) mass is 347 g/mol. The third-order valence-corrected chi connectivity index (χ3v) is 3.63. The first-order valence-corrected chi connectivity index (χ1v) is 7.92. The molecule has 0 unspecified atom stereocenters. The SMILES string of the molecule is COC(=O)/C=C/C[C@H](NC(=O)c1ccc(C(C)(C)C)cc1)C(=O)OC. The van der Waals surface area contributed by atoms with Gasteiger partial charge >= 0.3 is 11.9 Å². The molecular formula is C19H25NO5. The van der Waals surface area contributed by atoms with Gasteiger partial charge in [0.25, 0.3) is 5.91 Å². The number of rotatable bonds is 6. The smallest absolute Gasteiger partial charge is 0.330 e. The maximum Gasteiger partial charge on any atom is 0.330 e. The summed E-state index contributed by atoms with van der Waals surface area (Å²) in [5, 5.41) is 2.62. The minimum absolute atomic E-state index is 0.0117. The molecular weight excluding hydrogens is 322 g/mol. The molecule has 1 atom stereocenters. The molecule has 6 nitrogen and oxygen atoms in total. The number of carbonyl (C=O) groups is 3. The van der Waals surface area contributed by atoms with E-state index in [1.54, 1.807) is 12.1 Å². The molecule has 0 saturated carbocycles. The van der Waals surface area contributed by atoms with Gasteiger partial charge in [0.2, 0.25) is 0 Å². The third-order valence-electron chi connectivity index (χ3n) is 3.63. The molecule has 1 N–H and O–H groups in total. The highest BCUT2D eigenvalue weighted by atomic mass is 16.5. The lowest BCUT2D eigenvalue weighted by atomic mass is 9.86. The van der Waals surface area contributed by atoms with Gasteiger partial charge in [0.05, 0.1) is 14.2 Å². The van der Waals surface area contributed by atoms with Crippen LogP contribution < -0.4 is 5.32 Å². The number of ether oxygens (including phenoxy) is 2. The van der Waals surface area contributed by atoms with Crippen molar-refractivity contribution in [3.63, 3.8) is 0 Å². The highest BCUT2D eigenvalue weighted by molar-refractivity contribution is 5.96. The van der Waals surface area contributed by atoms with Gasteiger partial charge in [0, 0.05) is 11.6 Å². The second kappa shape index (κ2) is 9.01. The predicted molar refractivity (Wildman–Crippen MR) is 94.2 cm³/mol. The fourth-order valence-electron chi connectivity index (χ4n) is 2.09. The quantitative estimate of drug-likeness (QED) is 0.631. The van der Waals surface area contributed by atoms with Crippen molar-refractivity contribution in [3.05, 3.63) is 47.5 Å². The number of hydrogen-bond acceptors (Lipinski definition) is 5. The number of carbonyl (C=O) groups excluding carboxylic acids is 3. The van der Waals surface area contributed by atoms with Crippen LogP contribution in [0.25, 0.3) is 0 Å². The van der Waals surface area contributed by atoms with Crippen molar-refractivity contribution < 1.29 is 23.9 Å². The van der Waals surface area contributed by atoms with Crippen LogP contribution in [0.2, 0.25) is 0 Å². The third kappa shape index (κ3) is 6.41. The summed E-state index contributed by atoms with van der Waals surface area (Å²) < 4.78 is 9.17. The molecule has 0 fully saturated rings. The van der Waals surface area contributed by atoms with E-state index in [0.29, 0.717) is 5.56 Å². The van der Waals surface area contributed by atoms with Gasteiger partial charge in [-0.15, -0.1) is 0 Å². The Morgan fingerprint density at radius 1 is 1.08 bits per heavy atom. The summed E-state index contributed by atoms with van der Waals surface area (Å²) in [5.41, 5.74) is 1.54. The number of benzene rings is 1. The highest BCUT2D eigenvalue weighted by Gasteiger charge is 2.21. The average Bonchev–Trinajstić information content (AvgIpc) is 2.59. The van der Waals surface area contributed by atoms with Gasteiger partial charge in [-0.2, -0.15) is 0 Å². The molecule has 136 valence electrons. The van der Waals surface area contributed by atoms with Crippen molar-refractivity contribution in [1.29, 1.82) is 0 Å². The molecule has 0 radical (unpaired) electrons. The molecule has 0 spiro atoms. The van der Waals surface area contributed by atoms with Gasteiger partial charge in [-0.1, -0.05) is 39.0 Å². The number of methoxy groups -OCH3 is 2. The van der Waals surface area contributed by atoms with Crippen molar-refractivity contribution in [2.45, 2.75) is 38.6 Å². The van der Waals surface area contributed by atoms with Gasteiger partial charge in [0.15, 0.2) is 0 Å². The maximum atomic E-state index is 12.4. The van der Waals surface area contributed by atoms with E-state index < -0.39 is 18.0 Å². The normalized spacial score (nSPS) is 12.5. The van der Waals surface area contributed by atoms with E-state index in [1.165, 1.54) is 26.4 Å². The van der Waals surface area contributed by atoms with Gasteiger partial charge in [-0.25, -0.2) is 9.59 Å². The first kappa shape index (κ1) is 20.4. The van der Waals surface area contributed by atoms with Crippen molar-refractivity contribution >= 4 is 17.8 Å². The molecule has 1 aromatic carbocycles. The van der Waals surface area contributed by atoms with Crippen LogP contribution in [0.3, 0.4) is 0 Å². The Hall–Kier alpha value is -2.63. The first-order chi connectivity index (χ1) is 11.7. The van der Waals surface area contributed by atoms with E-state index in [0.717, 1.165) is 5.56 Å². The van der Waals surface area contributed by atoms with Crippen LogP contribution in [0.1, 0.15) is 43.1 Å². The Labute approximate surface area is 148 Å². The Morgan fingerprint density at radius 3 is 2.16 bits per heavy atom. The van der Waals surface area contributed by atoms with E-state index in [9.17, 15) is 14.4 Å². The zero-order valence-electron chi connectivity index (χ0n) is 15.3. The zero-order valence-corrected chi connectivity index (χ0v) is 15.3. The molecule has 1 rings (SSSR count). The van der Waals surface area contributed by atoms with E-state index in [4.69, 9.17) is 4.74 Å². The summed E-state index contributed by atoms with van der Waals surface area (Å²) in [6, 6.07) is 6.32. The van der Waals surface area contributed by atoms with Crippen molar-refractivity contribution in [3.8, 4) is 0 Å². The lowest BCUT2D eigenvalue weighted by Gasteiger charge is -2.19. The molecule has 25 heavy (non-hydrogen) atoms. The van der Waals surface area contributed by atoms with Crippen LogP contribution in [0.4, 0.5) is 0 Å². The first-order valence-electron chi connectivity index (χ1n) is 7.92. The van der Waals surface area contributed by atoms with Crippen LogP contribution in [-0.2, 0) is 24.5 Å². The largest absolute Gasteiger partial charge is 0.467 e. The Bertz CT molecular complexity index is 641. The Kier molecular flexibility index (Phi) is 7.36. The van der Waals surface area contributed by atoms with Crippen molar-refractivity contribution in [2.75, 3.05) is 14.2 Å². The zero-order chi connectivity index (χ0) is 19.0. The van der Waals surface area contributed by atoms with E-state index in [2.05, 4.69) is 30.8 Å². The Balaban J connectivity index is 2.82. The summed E-state index contributed by atoms with van der Waals surface area (Å²) in [6.45, 7) is 6.26. The summed E-state index contributed by atoms with van der Waals surface area (Å²) in [4.78, 5) is 35.3. The van der Waals surface area contributed by atoms with E-state index >= 15 is 0 Å². The summed E-state index contributed by atoms with van der Waals surface area (Å²) in [5.74, 6) is -1.51. The van der Waals surface area contributed by atoms with Crippen LogP contribution in [0.15, 0.2) is 36.4 Å². The second-order valence-electron chi connectivity index (χ2n) is 6.54. The van der Waals surface area contributed by atoms with Gasteiger partial charge in [-0.3, -0.25) is 4.79 Å². The van der Waals surface area contributed by atoms with Crippen LogP contribution in [0.5, 0.6) is 0 Å². The average molecular weight is 347 g/mol. The van der Waals surface area contributed by atoms with Gasteiger partial charge in [-0.05, 0) is 29.5 Å². The summed E-state index contributed by atoms with van der Waals surface area (Å²) in [7, 11) is 2.50. The number of hydrogen-bond donors (Lipinski definition) is 1. The molecule has 1 amide bonds. The minimum atomic E-state index is -0.888. The lowest BCUT2D eigenvalue weighted by Crippen LogP contribution is -2.41. The fraction of sp³-hybridized carbons (Fsp3) is 0.421. The molecule has 0 aliphatic heterocycles. The fourth-order valence-corrected chi connectivity index (χ4v) is 2.09. The Morgan fingerprint density at radius 2 is 1.68 bits per heavy atom. The molecule has 0 bridgehead atoms. The van der Waals surface area contributed by atoms with Gasteiger partial charge < -0.3 is 14.8 Å². The van der Waals surface area contributed by atoms with Crippen LogP contribution >= 0.6 is 0 Å². The standard InChI is InChI=1S/C19H25NO5/c1-19(2,3)14-11-9-13(10-12-14)17(22)20-15(18(23)25-5)7-6-8-16(21)24-4/h6,8-12,15H,7H2,1-5H3,(H,20,22)/b8-6+/t15-/m0/s1. The molecule has 0 saturated heterocycles. The predicted octanol–water partition coefficient (Wildman–Crippen LogP) is 2.37. The highest BCUT2D eigenvalue weighted by Crippen LogP contribution is 2.22. The summed E-state index contributed by atoms with van der Waals surface area (Å²) >= 11 is 0. The maximum absolute atomic E-state index is 12.4. The van der Waals surface area contributed by atoms with Gasteiger partial charge in [0.1, 0.15) is 6.04 Å². The molecule has 1 aromatic rings. The molecule has 0 aromatic heterocycles.